The van der Waals surface area contributed by atoms with Gasteiger partial charge in [-0.2, -0.15) is 0 Å². The number of carbonyl (C=O) groups is 1. The Kier molecular flexibility index (Phi) is 4.35. The molecule has 7 heteroatoms. The molecular formula is C17H17N3O3S. The lowest BCUT2D eigenvalue weighted by atomic mass is 10.2. The zero-order valence-electron chi connectivity index (χ0n) is 13.4. The highest BCUT2D eigenvalue weighted by atomic mass is 32.1. The van der Waals surface area contributed by atoms with Gasteiger partial charge in [0.15, 0.2) is 0 Å². The first kappa shape index (κ1) is 16.2. The Morgan fingerprint density at radius 3 is 2.71 bits per heavy atom. The summed E-state index contributed by atoms with van der Waals surface area (Å²) in [6.07, 6.45) is 0. The van der Waals surface area contributed by atoms with Crippen LogP contribution in [0.2, 0.25) is 0 Å². The molecule has 0 saturated heterocycles. The fraction of sp³-hybridized carbons (Fsp3) is 0.235. The van der Waals surface area contributed by atoms with Gasteiger partial charge in [-0.05, 0) is 43.0 Å². The van der Waals surface area contributed by atoms with E-state index in [1.807, 2.05) is 25.1 Å². The first-order chi connectivity index (χ1) is 11.5. The summed E-state index contributed by atoms with van der Waals surface area (Å²) in [6, 6.07) is 9.13. The first-order valence-electron chi connectivity index (χ1n) is 7.58. The fourth-order valence-electron chi connectivity index (χ4n) is 2.63. The molecule has 0 aliphatic rings. The molecule has 6 nitrogen and oxygen atoms in total. The van der Waals surface area contributed by atoms with E-state index in [-0.39, 0.29) is 24.6 Å². The van der Waals surface area contributed by atoms with Gasteiger partial charge in [0.05, 0.1) is 5.52 Å². The summed E-state index contributed by atoms with van der Waals surface area (Å²) in [5.41, 5.74) is 1.44. The third-order valence-electron chi connectivity index (χ3n) is 3.76. The molecular weight excluding hydrogens is 326 g/mol. The quantitative estimate of drug-likeness (QED) is 0.789. The number of carbonyl (C=O) groups excluding carboxylic acids is 1. The minimum Gasteiger partial charge on any atom is -0.325 e. The van der Waals surface area contributed by atoms with Crippen LogP contribution < -0.4 is 16.6 Å². The summed E-state index contributed by atoms with van der Waals surface area (Å²) in [7, 11) is 0. The van der Waals surface area contributed by atoms with Gasteiger partial charge in [-0.25, -0.2) is 4.79 Å². The van der Waals surface area contributed by atoms with Gasteiger partial charge < -0.3 is 5.32 Å². The van der Waals surface area contributed by atoms with Crippen LogP contribution in [-0.4, -0.2) is 15.0 Å². The molecule has 1 N–H and O–H groups in total. The number of fused-ring (bicyclic) bond motifs is 1. The van der Waals surface area contributed by atoms with Crippen molar-refractivity contribution in [1.29, 1.82) is 0 Å². The van der Waals surface area contributed by atoms with Crippen molar-refractivity contribution in [3.8, 4) is 0 Å². The van der Waals surface area contributed by atoms with Gasteiger partial charge in [-0.15, -0.1) is 11.3 Å². The summed E-state index contributed by atoms with van der Waals surface area (Å²) in [6.45, 7) is 3.80. The predicted molar refractivity (Wildman–Crippen MR) is 95.8 cm³/mol. The maximum Gasteiger partial charge on any atom is 0.331 e. The molecule has 0 bridgehead atoms. The van der Waals surface area contributed by atoms with Gasteiger partial charge in [-0.3, -0.25) is 18.7 Å². The van der Waals surface area contributed by atoms with E-state index in [0.29, 0.717) is 15.9 Å². The molecule has 3 aromatic rings. The van der Waals surface area contributed by atoms with Crippen molar-refractivity contribution in [2.24, 2.45) is 0 Å². The van der Waals surface area contributed by atoms with E-state index in [4.69, 9.17) is 0 Å². The molecule has 24 heavy (non-hydrogen) atoms. The molecule has 0 spiro atoms. The summed E-state index contributed by atoms with van der Waals surface area (Å²) in [5.74, 6) is -0.309. The predicted octanol–water partition coefficient (Wildman–Crippen LogP) is 2.19. The highest BCUT2D eigenvalue weighted by Crippen LogP contribution is 2.15. The smallest absolute Gasteiger partial charge is 0.325 e. The minimum atomic E-state index is -0.465. The second kappa shape index (κ2) is 6.45. The number of aromatic nitrogens is 2. The van der Waals surface area contributed by atoms with Crippen LogP contribution in [0.4, 0.5) is 5.69 Å². The van der Waals surface area contributed by atoms with Gasteiger partial charge in [0.25, 0.3) is 5.56 Å². The maximum atomic E-state index is 12.5. The van der Waals surface area contributed by atoms with Gasteiger partial charge in [0.1, 0.15) is 11.2 Å². The van der Waals surface area contributed by atoms with Gasteiger partial charge in [-0.1, -0.05) is 12.1 Å². The van der Waals surface area contributed by atoms with Crippen molar-refractivity contribution in [2.75, 3.05) is 5.32 Å². The average molecular weight is 343 g/mol. The van der Waals surface area contributed by atoms with Crippen LogP contribution in [0.25, 0.3) is 10.2 Å². The number of rotatable bonds is 4. The van der Waals surface area contributed by atoms with Crippen LogP contribution >= 0.6 is 11.3 Å². The number of nitrogens with zero attached hydrogens (tertiary/aromatic N) is 2. The van der Waals surface area contributed by atoms with Crippen molar-refractivity contribution < 1.29 is 4.79 Å². The Balaban J connectivity index is 1.98. The third-order valence-corrected chi connectivity index (χ3v) is 4.65. The van der Waals surface area contributed by atoms with E-state index >= 15 is 0 Å². The Labute approximate surface area is 142 Å². The number of aryl methyl sites for hydroxylation is 1. The molecule has 0 radical (unpaired) electrons. The molecule has 0 saturated carbocycles. The maximum absolute atomic E-state index is 12.5. The topological polar surface area (TPSA) is 73.1 Å². The molecule has 0 aliphatic carbocycles. The zero-order chi connectivity index (χ0) is 17.3. The standard InChI is InChI=1S/C17H17N3O3S/c1-3-19-16(22)15-13(7-8-24-15)20(17(19)23)10-14(21)18-12-6-4-5-11(2)9-12/h4-9H,3,10H2,1-2H3,(H,18,21). The molecule has 2 aromatic heterocycles. The summed E-state index contributed by atoms with van der Waals surface area (Å²) >= 11 is 1.27. The van der Waals surface area contributed by atoms with Crippen LogP contribution in [0.15, 0.2) is 45.3 Å². The molecule has 0 fully saturated rings. The van der Waals surface area contributed by atoms with E-state index < -0.39 is 5.69 Å². The number of thiophene rings is 1. The molecule has 2 heterocycles. The Morgan fingerprint density at radius 2 is 2.00 bits per heavy atom. The first-order valence-corrected chi connectivity index (χ1v) is 8.46. The number of anilines is 1. The van der Waals surface area contributed by atoms with Crippen molar-refractivity contribution in [1.82, 2.24) is 9.13 Å². The summed E-state index contributed by atoms with van der Waals surface area (Å²) in [4.78, 5) is 37.1. The fourth-order valence-corrected chi connectivity index (χ4v) is 3.47. The number of nitrogens with one attached hydrogen (secondary N) is 1. The Morgan fingerprint density at radius 1 is 1.21 bits per heavy atom. The number of amides is 1. The van der Waals surface area contributed by atoms with Crippen molar-refractivity contribution in [3.05, 3.63) is 62.1 Å². The minimum absolute atomic E-state index is 0.139. The monoisotopic (exact) mass is 343 g/mol. The van der Waals surface area contributed by atoms with E-state index in [1.165, 1.54) is 15.9 Å². The normalized spacial score (nSPS) is 10.9. The average Bonchev–Trinajstić information content (AvgIpc) is 3.02. The zero-order valence-corrected chi connectivity index (χ0v) is 14.2. The van der Waals surface area contributed by atoms with Crippen molar-refractivity contribution in [3.63, 3.8) is 0 Å². The Bertz CT molecular complexity index is 1030. The van der Waals surface area contributed by atoms with Gasteiger partial charge in [0, 0.05) is 12.2 Å². The molecule has 1 aromatic carbocycles. The van der Waals surface area contributed by atoms with Crippen LogP contribution in [0.5, 0.6) is 0 Å². The van der Waals surface area contributed by atoms with E-state index in [1.54, 1.807) is 24.4 Å². The van der Waals surface area contributed by atoms with Crippen LogP contribution in [0.3, 0.4) is 0 Å². The number of hydrogen-bond acceptors (Lipinski definition) is 4. The number of benzene rings is 1. The van der Waals surface area contributed by atoms with Crippen molar-refractivity contribution in [2.45, 2.75) is 26.9 Å². The molecule has 3 rings (SSSR count). The largest absolute Gasteiger partial charge is 0.331 e. The highest BCUT2D eigenvalue weighted by Gasteiger charge is 2.15. The van der Waals surface area contributed by atoms with Crippen molar-refractivity contribution >= 4 is 33.1 Å². The second-order valence-electron chi connectivity index (χ2n) is 5.47. The Hall–Kier alpha value is -2.67. The van der Waals surface area contributed by atoms with E-state index in [2.05, 4.69) is 5.32 Å². The molecule has 0 atom stereocenters. The van der Waals surface area contributed by atoms with Crippen LogP contribution in [0.1, 0.15) is 12.5 Å². The lowest BCUT2D eigenvalue weighted by molar-refractivity contribution is -0.116. The summed E-state index contributed by atoms with van der Waals surface area (Å²) < 4.78 is 2.99. The van der Waals surface area contributed by atoms with Gasteiger partial charge >= 0.3 is 5.69 Å². The van der Waals surface area contributed by atoms with E-state index in [9.17, 15) is 14.4 Å². The SMILES string of the molecule is CCn1c(=O)c2sccc2n(CC(=O)Nc2cccc(C)c2)c1=O. The lowest BCUT2D eigenvalue weighted by Crippen LogP contribution is -2.40. The highest BCUT2D eigenvalue weighted by molar-refractivity contribution is 7.17. The summed E-state index contributed by atoms with van der Waals surface area (Å²) in [5, 5.41) is 4.54. The molecule has 0 unspecified atom stereocenters. The molecule has 124 valence electrons. The van der Waals surface area contributed by atoms with E-state index in [0.717, 1.165) is 10.1 Å². The second-order valence-corrected chi connectivity index (χ2v) is 6.39. The molecule has 1 amide bonds. The molecule has 0 aliphatic heterocycles. The number of hydrogen-bond donors (Lipinski definition) is 1. The van der Waals surface area contributed by atoms with Gasteiger partial charge in [0.2, 0.25) is 5.91 Å². The van der Waals surface area contributed by atoms with Crippen LogP contribution in [-0.2, 0) is 17.9 Å². The third kappa shape index (κ3) is 2.90. The lowest BCUT2D eigenvalue weighted by Gasteiger charge is -2.11. The van der Waals surface area contributed by atoms with Crippen LogP contribution in [0, 0.1) is 6.92 Å².